The SMILES string of the molecule is O=C1C(O)=C(O)CC1S. The maximum Gasteiger partial charge on any atom is 0.213 e. The molecular formula is C5H6O3S. The molecule has 1 rings (SSSR count). The molecule has 0 amide bonds. The van der Waals surface area contributed by atoms with Crippen LogP contribution in [0.3, 0.4) is 0 Å². The first-order chi connectivity index (χ1) is 4.13. The molecule has 9 heavy (non-hydrogen) atoms. The van der Waals surface area contributed by atoms with Crippen LogP contribution in [-0.2, 0) is 4.79 Å². The Kier molecular flexibility index (Phi) is 1.40. The summed E-state index contributed by atoms with van der Waals surface area (Å²) in [7, 11) is 0. The van der Waals surface area contributed by atoms with E-state index in [1.807, 2.05) is 0 Å². The van der Waals surface area contributed by atoms with Crippen LogP contribution in [0.25, 0.3) is 0 Å². The van der Waals surface area contributed by atoms with E-state index in [1.165, 1.54) is 0 Å². The number of ketones is 1. The van der Waals surface area contributed by atoms with E-state index in [0.29, 0.717) is 0 Å². The van der Waals surface area contributed by atoms with Crippen LogP contribution < -0.4 is 0 Å². The molecule has 4 heteroatoms. The van der Waals surface area contributed by atoms with Gasteiger partial charge in [0.15, 0.2) is 5.76 Å². The van der Waals surface area contributed by atoms with E-state index in [1.54, 1.807) is 0 Å². The van der Waals surface area contributed by atoms with Gasteiger partial charge in [0.25, 0.3) is 0 Å². The monoisotopic (exact) mass is 146 g/mol. The minimum Gasteiger partial charge on any atom is -0.508 e. The zero-order chi connectivity index (χ0) is 7.02. The molecule has 0 spiro atoms. The Morgan fingerprint density at radius 1 is 1.56 bits per heavy atom. The Morgan fingerprint density at radius 3 is 2.22 bits per heavy atom. The Hall–Kier alpha value is -0.640. The van der Waals surface area contributed by atoms with Crippen LogP contribution >= 0.6 is 12.6 Å². The van der Waals surface area contributed by atoms with Crippen molar-refractivity contribution in [2.45, 2.75) is 11.7 Å². The van der Waals surface area contributed by atoms with Gasteiger partial charge in [0.1, 0.15) is 5.76 Å². The van der Waals surface area contributed by atoms with Crippen molar-refractivity contribution in [2.24, 2.45) is 0 Å². The highest BCUT2D eigenvalue weighted by molar-refractivity contribution is 7.81. The molecule has 1 aliphatic carbocycles. The molecule has 0 heterocycles. The molecule has 1 unspecified atom stereocenters. The lowest BCUT2D eigenvalue weighted by molar-refractivity contribution is -0.116. The molecular weight excluding hydrogens is 140 g/mol. The molecule has 3 nitrogen and oxygen atoms in total. The second kappa shape index (κ2) is 1.95. The third-order valence-electron chi connectivity index (χ3n) is 1.20. The first kappa shape index (κ1) is 6.48. The summed E-state index contributed by atoms with van der Waals surface area (Å²) in [4.78, 5) is 10.6. The zero-order valence-electron chi connectivity index (χ0n) is 4.53. The van der Waals surface area contributed by atoms with Gasteiger partial charge in [-0.25, -0.2) is 0 Å². The van der Waals surface area contributed by atoms with Gasteiger partial charge in [0.05, 0.1) is 5.25 Å². The standard InChI is InChI=1S/C5H6O3S/c6-2-1-3(9)5(8)4(2)7/h3,6-7,9H,1H2. The lowest BCUT2D eigenvalue weighted by Crippen LogP contribution is -2.08. The van der Waals surface area contributed by atoms with Crippen molar-refractivity contribution in [3.8, 4) is 0 Å². The lowest BCUT2D eigenvalue weighted by atomic mass is 10.3. The maximum absolute atomic E-state index is 10.6. The second-order valence-corrected chi connectivity index (χ2v) is 2.50. The summed E-state index contributed by atoms with van der Waals surface area (Å²) >= 11 is 3.79. The summed E-state index contributed by atoms with van der Waals surface area (Å²) in [5, 5.41) is 16.8. The summed E-state index contributed by atoms with van der Waals surface area (Å²) in [6, 6.07) is 0. The highest BCUT2D eigenvalue weighted by Gasteiger charge is 2.30. The molecule has 0 aromatic rings. The second-order valence-electron chi connectivity index (χ2n) is 1.88. The molecule has 0 bridgehead atoms. The van der Waals surface area contributed by atoms with Gasteiger partial charge >= 0.3 is 0 Å². The topological polar surface area (TPSA) is 57.5 Å². The number of Topliss-reactive ketones (excluding diaryl/α,β-unsaturated/α-hetero) is 1. The van der Waals surface area contributed by atoms with Gasteiger partial charge < -0.3 is 10.2 Å². The van der Waals surface area contributed by atoms with Crippen molar-refractivity contribution in [3.05, 3.63) is 11.5 Å². The number of allylic oxidation sites excluding steroid dienone is 2. The molecule has 1 aliphatic rings. The van der Waals surface area contributed by atoms with Crippen LogP contribution in [-0.4, -0.2) is 21.2 Å². The third kappa shape index (κ3) is 0.896. The van der Waals surface area contributed by atoms with Crippen molar-refractivity contribution in [2.75, 3.05) is 0 Å². The predicted molar refractivity (Wildman–Crippen MR) is 34.7 cm³/mol. The Labute approximate surface area is 57.4 Å². The van der Waals surface area contributed by atoms with E-state index < -0.39 is 16.8 Å². The number of rotatable bonds is 0. The number of carbonyl (C=O) groups is 1. The Morgan fingerprint density at radius 2 is 2.11 bits per heavy atom. The van der Waals surface area contributed by atoms with Crippen molar-refractivity contribution < 1.29 is 15.0 Å². The number of hydrogen-bond acceptors (Lipinski definition) is 4. The minimum atomic E-state index is -0.551. The first-order valence-electron chi connectivity index (χ1n) is 2.46. The highest BCUT2D eigenvalue weighted by Crippen LogP contribution is 2.22. The molecule has 0 fully saturated rings. The summed E-state index contributed by atoms with van der Waals surface area (Å²) in [5.74, 6) is -1.27. The summed E-state index contributed by atoms with van der Waals surface area (Å²) in [6.45, 7) is 0. The normalized spacial score (nSPS) is 27.7. The Bertz CT molecular complexity index is 185. The summed E-state index contributed by atoms with van der Waals surface area (Å²) in [5.41, 5.74) is 0. The van der Waals surface area contributed by atoms with Crippen LogP contribution in [0.5, 0.6) is 0 Å². The van der Waals surface area contributed by atoms with E-state index >= 15 is 0 Å². The molecule has 2 N–H and O–H groups in total. The summed E-state index contributed by atoms with van der Waals surface area (Å²) < 4.78 is 0. The molecule has 0 aliphatic heterocycles. The van der Waals surface area contributed by atoms with Gasteiger partial charge in [-0.05, 0) is 0 Å². The fraction of sp³-hybridized carbons (Fsp3) is 0.400. The van der Waals surface area contributed by atoms with Crippen molar-refractivity contribution in [1.82, 2.24) is 0 Å². The number of carbonyl (C=O) groups excluding carboxylic acids is 1. The highest BCUT2D eigenvalue weighted by atomic mass is 32.1. The van der Waals surface area contributed by atoms with E-state index in [2.05, 4.69) is 12.6 Å². The summed E-state index contributed by atoms with van der Waals surface area (Å²) in [6.07, 6.45) is 0.147. The average Bonchev–Trinajstić information content (AvgIpc) is 1.98. The van der Waals surface area contributed by atoms with Crippen LogP contribution in [0.4, 0.5) is 0 Å². The number of aliphatic hydroxyl groups excluding tert-OH is 2. The fourth-order valence-electron chi connectivity index (χ4n) is 0.673. The van der Waals surface area contributed by atoms with Crippen molar-refractivity contribution >= 4 is 18.4 Å². The molecule has 0 radical (unpaired) electrons. The molecule has 0 saturated carbocycles. The van der Waals surface area contributed by atoms with E-state index in [-0.39, 0.29) is 12.2 Å². The van der Waals surface area contributed by atoms with E-state index in [9.17, 15) is 4.79 Å². The van der Waals surface area contributed by atoms with Crippen LogP contribution in [0.15, 0.2) is 11.5 Å². The minimum absolute atomic E-state index is 0.147. The van der Waals surface area contributed by atoms with Gasteiger partial charge in [-0.3, -0.25) is 4.79 Å². The number of thiol groups is 1. The van der Waals surface area contributed by atoms with Crippen LogP contribution in [0.2, 0.25) is 0 Å². The average molecular weight is 146 g/mol. The van der Waals surface area contributed by atoms with E-state index in [0.717, 1.165) is 0 Å². The van der Waals surface area contributed by atoms with Crippen molar-refractivity contribution in [1.29, 1.82) is 0 Å². The molecule has 50 valence electrons. The van der Waals surface area contributed by atoms with Gasteiger partial charge in [-0.15, -0.1) is 0 Å². The lowest BCUT2D eigenvalue weighted by Gasteiger charge is -1.92. The number of aliphatic hydroxyl groups is 2. The van der Waals surface area contributed by atoms with Crippen LogP contribution in [0.1, 0.15) is 6.42 Å². The van der Waals surface area contributed by atoms with Gasteiger partial charge in [0, 0.05) is 6.42 Å². The molecule has 0 aromatic carbocycles. The predicted octanol–water partition coefficient (Wildman–Crippen LogP) is 0.585. The zero-order valence-corrected chi connectivity index (χ0v) is 5.43. The largest absolute Gasteiger partial charge is 0.508 e. The Balaban J connectivity index is 2.87. The van der Waals surface area contributed by atoms with Gasteiger partial charge in [-0.1, -0.05) is 0 Å². The number of hydrogen-bond donors (Lipinski definition) is 3. The third-order valence-corrected chi connectivity index (χ3v) is 1.61. The maximum atomic E-state index is 10.6. The quantitative estimate of drug-likeness (QED) is 0.438. The smallest absolute Gasteiger partial charge is 0.213 e. The van der Waals surface area contributed by atoms with Crippen molar-refractivity contribution in [3.63, 3.8) is 0 Å². The van der Waals surface area contributed by atoms with Gasteiger partial charge in [0.2, 0.25) is 5.78 Å². The molecule has 0 saturated heterocycles. The van der Waals surface area contributed by atoms with E-state index in [4.69, 9.17) is 10.2 Å². The molecule has 0 aromatic heterocycles. The van der Waals surface area contributed by atoms with Crippen LogP contribution in [0, 0.1) is 0 Å². The fourth-order valence-corrected chi connectivity index (χ4v) is 0.968. The molecule has 1 atom stereocenters. The first-order valence-corrected chi connectivity index (χ1v) is 2.98. The van der Waals surface area contributed by atoms with Gasteiger partial charge in [-0.2, -0.15) is 12.6 Å².